The Labute approximate surface area is 127 Å². The Hall–Kier alpha value is -0.420. The monoisotopic (exact) mass is 296 g/mol. The second kappa shape index (κ2) is 7.55. The van der Waals surface area contributed by atoms with Gasteiger partial charge in [-0.25, -0.2) is 0 Å². The number of hydrogen-bond donors (Lipinski definition) is 1. The van der Waals surface area contributed by atoms with Gasteiger partial charge in [0, 0.05) is 42.5 Å². The number of nitrogens with one attached hydrogen (secondary N) is 1. The molecule has 1 unspecified atom stereocenters. The van der Waals surface area contributed by atoms with Gasteiger partial charge in [0.2, 0.25) is 0 Å². The van der Waals surface area contributed by atoms with Crippen molar-refractivity contribution in [3.8, 4) is 0 Å². The maximum absolute atomic E-state index is 5.29. The molecule has 1 N–H and O–H groups in total. The van der Waals surface area contributed by atoms with Gasteiger partial charge >= 0.3 is 0 Å². The van der Waals surface area contributed by atoms with Crippen molar-refractivity contribution in [2.75, 3.05) is 27.3 Å². The van der Waals surface area contributed by atoms with Gasteiger partial charge in [0.15, 0.2) is 0 Å². The lowest BCUT2D eigenvalue weighted by atomic mass is 10.1. The van der Waals surface area contributed by atoms with Crippen LogP contribution in [0.1, 0.15) is 35.1 Å². The average molecular weight is 296 g/mol. The smallest absolute Gasteiger partial charge is 0.0589 e. The zero-order chi connectivity index (χ0) is 14.5. The van der Waals surface area contributed by atoms with E-state index in [0.717, 1.165) is 32.2 Å². The molecule has 1 fully saturated rings. The van der Waals surface area contributed by atoms with Gasteiger partial charge in [-0.3, -0.25) is 4.90 Å². The molecule has 0 radical (unpaired) electrons. The van der Waals surface area contributed by atoms with E-state index < -0.39 is 0 Å². The predicted octanol–water partition coefficient (Wildman–Crippen LogP) is 3.02. The summed E-state index contributed by atoms with van der Waals surface area (Å²) in [7, 11) is 3.80. The summed E-state index contributed by atoms with van der Waals surface area (Å²) >= 11 is 1.92. The number of nitrogens with zero attached hydrogens (tertiary/aromatic N) is 1. The molecule has 0 saturated heterocycles. The highest BCUT2D eigenvalue weighted by atomic mass is 32.1. The Kier molecular flexibility index (Phi) is 6.02. The zero-order valence-electron chi connectivity index (χ0n) is 13.2. The van der Waals surface area contributed by atoms with Crippen molar-refractivity contribution in [1.29, 1.82) is 0 Å². The molecule has 1 aliphatic carbocycles. The summed E-state index contributed by atoms with van der Waals surface area (Å²) in [5.41, 5.74) is 1.49. The molecule has 1 aromatic heterocycles. The highest BCUT2D eigenvalue weighted by molar-refractivity contribution is 7.12. The second-order valence-electron chi connectivity index (χ2n) is 5.87. The summed E-state index contributed by atoms with van der Waals surface area (Å²) in [4.78, 5) is 5.49. The van der Waals surface area contributed by atoms with Gasteiger partial charge in [-0.15, -0.1) is 11.3 Å². The minimum Gasteiger partial charge on any atom is -0.383 e. The zero-order valence-corrected chi connectivity index (χ0v) is 14.1. The maximum atomic E-state index is 5.29. The van der Waals surface area contributed by atoms with Crippen molar-refractivity contribution in [1.82, 2.24) is 10.2 Å². The third-order valence-corrected chi connectivity index (χ3v) is 5.35. The number of ether oxygens (including phenoxy) is 1. The molecular weight excluding hydrogens is 268 g/mol. The molecule has 2 rings (SSSR count). The lowest BCUT2D eigenvalue weighted by molar-refractivity contribution is 0.111. The standard InChI is InChI=1S/C16H28N2OS/c1-12(14-5-6-14)18(7-8-19-4)11-15-9-16(10-17-3)20-13(15)2/h9,12,14,17H,5-8,10-11H2,1-4H3. The fourth-order valence-electron chi connectivity index (χ4n) is 2.74. The lowest BCUT2D eigenvalue weighted by Crippen LogP contribution is -2.36. The average Bonchev–Trinajstić information content (AvgIpc) is 3.21. The minimum absolute atomic E-state index is 0.678. The molecule has 1 aliphatic rings. The maximum Gasteiger partial charge on any atom is 0.0589 e. The van der Waals surface area contributed by atoms with E-state index >= 15 is 0 Å². The summed E-state index contributed by atoms with van der Waals surface area (Å²) in [6, 6.07) is 3.05. The minimum atomic E-state index is 0.678. The highest BCUT2D eigenvalue weighted by Gasteiger charge is 2.32. The first-order valence-electron chi connectivity index (χ1n) is 7.61. The topological polar surface area (TPSA) is 24.5 Å². The normalized spacial score (nSPS) is 16.9. The van der Waals surface area contributed by atoms with Crippen LogP contribution in [-0.2, 0) is 17.8 Å². The van der Waals surface area contributed by atoms with E-state index in [9.17, 15) is 0 Å². The molecule has 0 aromatic carbocycles. The van der Waals surface area contributed by atoms with Crippen molar-refractivity contribution in [2.45, 2.75) is 45.8 Å². The Morgan fingerprint density at radius 3 is 2.85 bits per heavy atom. The van der Waals surface area contributed by atoms with E-state index in [2.05, 4.69) is 30.1 Å². The van der Waals surface area contributed by atoms with Gasteiger partial charge in [-0.1, -0.05) is 0 Å². The number of hydrogen-bond acceptors (Lipinski definition) is 4. The van der Waals surface area contributed by atoms with Gasteiger partial charge in [-0.2, -0.15) is 0 Å². The predicted molar refractivity (Wildman–Crippen MR) is 86.3 cm³/mol. The summed E-state index contributed by atoms with van der Waals surface area (Å²) in [6.45, 7) is 8.52. The van der Waals surface area contributed by atoms with Gasteiger partial charge in [-0.05, 0) is 51.3 Å². The van der Waals surface area contributed by atoms with Gasteiger partial charge < -0.3 is 10.1 Å². The van der Waals surface area contributed by atoms with E-state index in [1.54, 1.807) is 7.11 Å². The molecule has 0 amide bonds. The first-order valence-corrected chi connectivity index (χ1v) is 8.43. The number of methoxy groups -OCH3 is 1. The van der Waals surface area contributed by atoms with Crippen LogP contribution in [0, 0.1) is 12.8 Å². The van der Waals surface area contributed by atoms with Crippen LogP contribution < -0.4 is 5.32 Å². The SMILES string of the molecule is CNCc1cc(CN(CCOC)C(C)C2CC2)c(C)s1. The summed E-state index contributed by atoms with van der Waals surface area (Å²) in [5, 5.41) is 3.24. The van der Waals surface area contributed by atoms with Crippen LogP contribution in [0.15, 0.2) is 6.07 Å². The first kappa shape index (κ1) is 16.0. The van der Waals surface area contributed by atoms with Crippen LogP contribution in [0.2, 0.25) is 0 Å². The molecule has 20 heavy (non-hydrogen) atoms. The van der Waals surface area contributed by atoms with E-state index in [4.69, 9.17) is 4.74 Å². The molecule has 0 spiro atoms. The van der Waals surface area contributed by atoms with Gasteiger partial charge in [0.25, 0.3) is 0 Å². The van der Waals surface area contributed by atoms with Crippen molar-refractivity contribution in [3.63, 3.8) is 0 Å². The van der Waals surface area contributed by atoms with Crippen molar-refractivity contribution in [2.24, 2.45) is 5.92 Å². The lowest BCUT2D eigenvalue weighted by Gasteiger charge is -2.29. The molecule has 3 nitrogen and oxygen atoms in total. The molecule has 0 bridgehead atoms. The molecule has 4 heteroatoms. The quantitative estimate of drug-likeness (QED) is 0.758. The van der Waals surface area contributed by atoms with Crippen LogP contribution in [0.5, 0.6) is 0 Å². The number of aryl methyl sites for hydroxylation is 1. The summed E-state index contributed by atoms with van der Waals surface area (Å²) in [6.07, 6.45) is 2.80. The molecule has 1 saturated carbocycles. The molecule has 1 atom stereocenters. The molecule has 0 aliphatic heterocycles. The van der Waals surface area contributed by atoms with Crippen LogP contribution in [0.4, 0.5) is 0 Å². The summed E-state index contributed by atoms with van der Waals surface area (Å²) < 4.78 is 5.29. The van der Waals surface area contributed by atoms with E-state index in [-0.39, 0.29) is 0 Å². The number of rotatable bonds is 9. The highest BCUT2D eigenvalue weighted by Crippen LogP contribution is 2.36. The Bertz CT molecular complexity index is 415. The van der Waals surface area contributed by atoms with Crippen molar-refractivity contribution in [3.05, 3.63) is 21.4 Å². The Balaban J connectivity index is 2.01. The van der Waals surface area contributed by atoms with Gasteiger partial charge in [0.1, 0.15) is 0 Å². The van der Waals surface area contributed by atoms with Crippen LogP contribution in [0.25, 0.3) is 0 Å². The molecule has 1 aromatic rings. The van der Waals surface area contributed by atoms with Gasteiger partial charge in [0.05, 0.1) is 6.61 Å². The van der Waals surface area contributed by atoms with E-state index in [1.807, 2.05) is 18.4 Å². The largest absolute Gasteiger partial charge is 0.383 e. The third-order valence-electron chi connectivity index (χ3n) is 4.26. The van der Waals surface area contributed by atoms with Crippen LogP contribution >= 0.6 is 11.3 Å². The van der Waals surface area contributed by atoms with Crippen LogP contribution in [0.3, 0.4) is 0 Å². The van der Waals surface area contributed by atoms with E-state index in [1.165, 1.54) is 28.2 Å². The third kappa shape index (κ3) is 4.29. The Morgan fingerprint density at radius 2 is 2.25 bits per heavy atom. The summed E-state index contributed by atoms with van der Waals surface area (Å²) in [5.74, 6) is 0.905. The second-order valence-corrected chi connectivity index (χ2v) is 7.21. The van der Waals surface area contributed by atoms with E-state index in [0.29, 0.717) is 6.04 Å². The fraction of sp³-hybridized carbons (Fsp3) is 0.750. The fourth-order valence-corrected chi connectivity index (χ4v) is 3.80. The first-order chi connectivity index (χ1) is 9.65. The van der Waals surface area contributed by atoms with Crippen LogP contribution in [-0.4, -0.2) is 38.3 Å². The number of thiophene rings is 1. The Morgan fingerprint density at radius 1 is 1.50 bits per heavy atom. The molecule has 114 valence electrons. The van der Waals surface area contributed by atoms with Crippen molar-refractivity contribution >= 4 is 11.3 Å². The van der Waals surface area contributed by atoms with Crippen molar-refractivity contribution < 1.29 is 4.74 Å². The molecule has 1 heterocycles. The molecular formula is C16H28N2OS.